The number of amides is 4. The molecule has 0 rings (SSSR count). The first-order valence-electron chi connectivity index (χ1n) is 21.6. The number of aliphatic carboxylic acids is 3. The number of carboxylic acids is 3. The Bertz CT molecular complexity index is 1160. The van der Waals surface area contributed by atoms with E-state index in [4.69, 9.17) is 29.2 Å². The summed E-state index contributed by atoms with van der Waals surface area (Å²) in [5.74, 6) is -4.57. The van der Waals surface area contributed by atoms with E-state index in [-0.39, 0.29) is 116 Å². The Kier molecular flexibility index (Phi) is 37.0. The van der Waals surface area contributed by atoms with Crippen LogP contribution in [0, 0.1) is 0 Å². The summed E-state index contributed by atoms with van der Waals surface area (Å²) in [6, 6.07) is -2.10. The molecule has 18 nitrogen and oxygen atoms in total. The molecule has 7 N–H and O–H groups in total. The highest BCUT2D eigenvalue weighted by molar-refractivity contribution is 5.85. The van der Waals surface area contributed by atoms with Crippen LogP contribution in [0.25, 0.3) is 0 Å². The first kappa shape index (κ1) is 55.1. The van der Waals surface area contributed by atoms with Crippen LogP contribution in [0.15, 0.2) is 0 Å². The number of ether oxygens (including phenoxy) is 4. The largest absolute Gasteiger partial charge is 0.481 e. The fourth-order valence-electron chi connectivity index (χ4n) is 5.84. The number of rotatable bonds is 43. The van der Waals surface area contributed by atoms with Crippen molar-refractivity contribution in [1.82, 2.24) is 21.3 Å². The van der Waals surface area contributed by atoms with Crippen LogP contribution in [0.5, 0.6) is 0 Å². The standard InChI is InChI=1S/C41H74N4O14/c1-2-33(40(52)53)44-38(49)32-59-30-28-57-26-24-43-37(48)31-58-29-27-56-25-23-42-35(46)22-21-34(41(54)55)45-36(47)19-17-15-13-11-9-7-5-3-4-6-8-10-12-14-16-18-20-39(50)51/h33-34H,2-32H2,1H3,(H,42,46)(H,43,48)(H,44,49)(H,45,47)(H,50,51)(H,52,53)(H,54,55)/t33-,34-/m0/s1. The summed E-state index contributed by atoms with van der Waals surface area (Å²) in [4.78, 5) is 81.1. The number of unbranched alkanes of at least 4 members (excludes halogenated alkanes) is 15. The molecule has 0 saturated carbocycles. The lowest BCUT2D eigenvalue weighted by molar-refractivity contribution is -0.142. The van der Waals surface area contributed by atoms with Gasteiger partial charge in [-0.25, -0.2) is 9.59 Å². The first-order chi connectivity index (χ1) is 28.5. The van der Waals surface area contributed by atoms with E-state index in [1.807, 2.05) is 0 Å². The Morgan fingerprint density at radius 1 is 0.424 bits per heavy atom. The van der Waals surface area contributed by atoms with Gasteiger partial charge in [-0.15, -0.1) is 0 Å². The van der Waals surface area contributed by atoms with Gasteiger partial charge < -0.3 is 55.5 Å². The maximum absolute atomic E-state index is 12.3. The van der Waals surface area contributed by atoms with Crippen molar-refractivity contribution < 1.29 is 67.8 Å². The maximum atomic E-state index is 12.3. The van der Waals surface area contributed by atoms with Gasteiger partial charge in [0.25, 0.3) is 0 Å². The first-order valence-corrected chi connectivity index (χ1v) is 21.6. The summed E-state index contributed by atoms with van der Waals surface area (Å²) in [7, 11) is 0. The summed E-state index contributed by atoms with van der Waals surface area (Å²) in [6.45, 7) is 2.67. The molecule has 0 bridgehead atoms. The van der Waals surface area contributed by atoms with E-state index in [1.54, 1.807) is 6.92 Å². The highest BCUT2D eigenvalue weighted by Gasteiger charge is 2.21. The molecule has 0 aromatic carbocycles. The molecule has 0 unspecified atom stereocenters. The summed E-state index contributed by atoms with van der Waals surface area (Å²) >= 11 is 0. The maximum Gasteiger partial charge on any atom is 0.326 e. The Labute approximate surface area is 350 Å². The number of hydrogen-bond donors (Lipinski definition) is 7. The van der Waals surface area contributed by atoms with Crippen molar-refractivity contribution in [3.63, 3.8) is 0 Å². The van der Waals surface area contributed by atoms with Gasteiger partial charge in [0.15, 0.2) is 0 Å². The fourth-order valence-corrected chi connectivity index (χ4v) is 5.84. The van der Waals surface area contributed by atoms with Crippen LogP contribution in [0.1, 0.15) is 142 Å². The Morgan fingerprint density at radius 2 is 0.814 bits per heavy atom. The Balaban J connectivity index is 3.67. The summed E-state index contributed by atoms with van der Waals surface area (Å²) < 4.78 is 21.1. The number of carbonyl (C=O) groups excluding carboxylic acids is 4. The molecule has 0 radical (unpaired) electrons. The summed E-state index contributed by atoms with van der Waals surface area (Å²) in [5, 5.41) is 37.2. The van der Waals surface area contributed by atoms with Crippen LogP contribution in [-0.4, -0.2) is 135 Å². The highest BCUT2D eigenvalue weighted by Crippen LogP contribution is 2.14. The van der Waals surface area contributed by atoms with Gasteiger partial charge in [0.2, 0.25) is 23.6 Å². The van der Waals surface area contributed by atoms with Crippen LogP contribution in [0.4, 0.5) is 0 Å². The van der Waals surface area contributed by atoms with Crippen molar-refractivity contribution in [2.75, 3.05) is 65.9 Å². The molecule has 59 heavy (non-hydrogen) atoms. The van der Waals surface area contributed by atoms with E-state index in [0.717, 1.165) is 38.5 Å². The summed E-state index contributed by atoms with van der Waals surface area (Å²) in [6.07, 6.45) is 18.5. The van der Waals surface area contributed by atoms with Gasteiger partial charge in [0.1, 0.15) is 25.3 Å². The molecule has 0 saturated heterocycles. The van der Waals surface area contributed by atoms with Gasteiger partial charge in [-0.05, 0) is 25.7 Å². The van der Waals surface area contributed by atoms with Gasteiger partial charge in [-0.2, -0.15) is 0 Å². The molecular formula is C41H74N4O14. The topological polar surface area (TPSA) is 265 Å². The zero-order valence-corrected chi connectivity index (χ0v) is 35.4. The van der Waals surface area contributed by atoms with Crippen LogP contribution in [-0.2, 0) is 52.5 Å². The minimum absolute atomic E-state index is 0.0302. The Morgan fingerprint density at radius 3 is 1.25 bits per heavy atom. The molecule has 0 aromatic rings. The number of hydrogen-bond acceptors (Lipinski definition) is 11. The smallest absolute Gasteiger partial charge is 0.326 e. The van der Waals surface area contributed by atoms with Crippen LogP contribution < -0.4 is 21.3 Å². The van der Waals surface area contributed by atoms with Crippen LogP contribution >= 0.6 is 0 Å². The monoisotopic (exact) mass is 847 g/mol. The van der Waals surface area contributed by atoms with Gasteiger partial charge in [-0.3, -0.25) is 24.0 Å². The van der Waals surface area contributed by atoms with E-state index in [0.29, 0.717) is 6.42 Å². The van der Waals surface area contributed by atoms with Crippen molar-refractivity contribution in [2.45, 2.75) is 154 Å². The SMILES string of the molecule is CC[C@H](NC(=O)COCCOCCNC(=O)COCCOCCNC(=O)CC[C@H](NC(=O)CCCCCCCCCCCCCCCCCCC(=O)O)C(=O)O)C(=O)O. The average molecular weight is 847 g/mol. The third kappa shape index (κ3) is 38.1. The lowest BCUT2D eigenvalue weighted by atomic mass is 10.0. The molecule has 0 heterocycles. The normalized spacial score (nSPS) is 12.0. The predicted octanol–water partition coefficient (Wildman–Crippen LogP) is 3.72. The van der Waals surface area contributed by atoms with Gasteiger partial charge >= 0.3 is 17.9 Å². The van der Waals surface area contributed by atoms with Gasteiger partial charge in [0, 0.05) is 32.4 Å². The zero-order chi connectivity index (χ0) is 43.8. The molecule has 0 aromatic heterocycles. The number of nitrogens with one attached hydrogen (secondary N) is 4. The molecule has 0 aliphatic carbocycles. The molecule has 18 heteroatoms. The lowest BCUT2D eigenvalue weighted by Gasteiger charge is -2.14. The molecule has 0 spiro atoms. The molecule has 342 valence electrons. The minimum atomic E-state index is -1.19. The second kappa shape index (κ2) is 39.6. The Hall–Kier alpha value is -3.87. The zero-order valence-electron chi connectivity index (χ0n) is 35.4. The van der Waals surface area contributed by atoms with Crippen LogP contribution in [0.3, 0.4) is 0 Å². The van der Waals surface area contributed by atoms with E-state index >= 15 is 0 Å². The fraction of sp³-hybridized carbons (Fsp3) is 0.829. The molecule has 0 fully saturated rings. The van der Waals surface area contributed by atoms with Gasteiger partial charge in [-0.1, -0.05) is 96.8 Å². The summed E-state index contributed by atoms with van der Waals surface area (Å²) in [5.41, 5.74) is 0. The number of carbonyl (C=O) groups is 7. The van der Waals surface area contributed by atoms with Crippen molar-refractivity contribution in [3.05, 3.63) is 0 Å². The second-order valence-corrected chi connectivity index (χ2v) is 14.4. The molecule has 0 aliphatic heterocycles. The van der Waals surface area contributed by atoms with E-state index in [2.05, 4.69) is 21.3 Å². The van der Waals surface area contributed by atoms with Gasteiger partial charge in [0.05, 0.1) is 39.6 Å². The third-order valence-corrected chi connectivity index (χ3v) is 9.23. The lowest BCUT2D eigenvalue weighted by Crippen LogP contribution is -2.42. The second-order valence-electron chi connectivity index (χ2n) is 14.4. The van der Waals surface area contributed by atoms with Crippen molar-refractivity contribution in [3.8, 4) is 0 Å². The minimum Gasteiger partial charge on any atom is -0.481 e. The van der Waals surface area contributed by atoms with E-state index in [9.17, 15) is 38.7 Å². The number of carboxylic acid groups (broad SMARTS) is 3. The molecule has 0 aliphatic rings. The predicted molar refractivity (Wildman–Crippen MR) is 219 cm³/mol. The molecular weight excluding hydrogens is 772 g/mol. The van der Waals surface area contributed by atoms with Crippen molar-refractivity contribution in [2.24, 2.45) is 0 Å². The van der Waals surface area contributed by atoms with Crippen molar-refractivity contribution in [1.29, 1.82) is 0 Å². The molecule has 4 amide bonds. The third-order valence-electron chi connectivity index (χ3n) is 9.23. The average Bonchev–Trinajstić information content (AvgIpc) is 3.19. The van der Waals surface area contributed by atoms with Crippen LogP contribution in [0.2, 0.25) is 0 Å². The van der Waals surface area contributed by atoms with Crippen molar-refractivity contribution >= 4 is 41.5 Å². The highest BCUT2D eigenvalue weighted by atomic mass is 16.5. The van der Waals surface area contributed by atoms with E-state index < -0.39 is 35.9 Å². The quantitative estimate of drug-likeness (QED) is 0.0432. The molecule has 2 atom stereocenters. The van der Waals surface area contributed by atoms with E-state index in [1.165, 1.54) is 57.8 Å².